The molecule has 0 aromatic carbocycles. The third kappa shape index (κ3) is 3.97. The Bertz CT molecular complexity index is 830. The number of hydrogen-bond donors (Lipinski definition) is 2. The van der Waals surface area contributed by atoms with Gasteiger partial charge in [-0.05, 0) is 45.6 Å². The maximum atomic E-state index is 12.2. The number of hydrogen-bond acceptors (Lipinski definition) is 4. The summed E-state index contributed by atoms with van der Waals surface area (Å²) in [5.74, 6) is 0.507. The molecular weight excluding hydrogens is 318 g/mol. The predicted molar refractivity (Wildman–Crippen MR) is 94.9 cm³/mol. The van der Waals surface area contributed by atoms with Crippen molar-refractivity contribution in [2.24, 2.45) is 0 Å². The SMILES string of the molecule is Cc1cc(=O)[nH]c(-n2nc(C)c(CCC(=O)NC3CCCC3)c2C)n1. The number of rotatable bonds is 5. The summed E-state index contributed by atoms with van der Waals surface area (Å²) in [7, 11) is 0. The molecule has 1 aliphatic carbocycles. The molecule has 1 amide bonds. The summed E-state index contributed by atoms with van der Waals surface area (Å²) in [6.07, 6.45) is 5.67. The molecule has 2 heterocycles. The zero-order valence-corrected chi connectivity index (χ0v) is 15.1. The Morgan fingerprint density at radius 1 is 1.32 bits per heavy atom. The van der Waals surface area contributed by atoms with E-state index in [9.17, 15) is 9.59 Å². The Hall–Kier alpha value is -2.44. The molecule has 1 fully saturated rings. The molecule has 0 unspecified atom stereocenters. The van der Waals surface area contributed by atoms with Crippen LogP contribution in [0.25, 0.3) is 5.95 Å². The van der Waals surface area contributed by atoms with E-state index in [0.717, 1.165) is 29.8 Å². The minimum atomic E-state index is -0.201. The van der Waals surface area contributed by atoms with Gasteiger partial charge in [-0.1, -0.05) is 12.8 Å². The lowest BCUT2D eigenvalue weighted by Gasteiger charge is -2.11. The van der Waals surface area contributed by atoms with Crippen LogP contribution in [0, 0.1) is 20.8 Å². The average Bonchev–Trinajstić information content (AvgIpc) is 3.13. The summed E-state index contributed by atoms with van der Waals surface area (Å²) in [5.41, 5.74) is 3.23. The zero-order chi connectivity index (χ0) is 18.0. The van der Waals surface area contributed by atoms with Crippen molar-refractivity contribution in [3.05, 3.63) is 39.1 Å². The van der Waals surface area contributed by atoms with Crippen LogP contribution >= 0.6 is 0 Å². The van der Waals surface area contributed by atoms with E-state index in [0.29, 0.717) is 30.5 Å². The molecular formula is C18H25N5O2. The number of aromatic amines is 1. The van der Waals surface area contributed by atoms with Gasteiger partial charge in [-0.15, -0.1) is 0 Å². The lowest BCUT2D eigenvalue weighted by Crippen LogP contribution is -2.32. The first kappa shape index (κ1) is 17.4. The van der Waals surface area contributed by atoms with Crippen LogP contribution < -0.4 is 10.9 Å². The maximum Gasteiger partial charge on any atom is 0.252 e. The molecule has 0 spiro atoms. The van der Waals surface area contributed by atoms with Gasteiger partial charge in [0.05, 0.1) is 5.69 Å². The number of aryl methyl sites for hydroxylation is 2. The van der Waals surface area contributed by atoms with Gasteiger partial charge in [0.25, 0.3) is 5.56 Å². The van der Waals surface area contributed by atoms with E-state index in [1.54, 1.807) is 11.6 Å². The molecule has 2 N–H and O–H groups in total. The van der Waals surface area contributed by atoms with Crippen molar-refractivity contribution >= 4 is 5.91 Å². The summed E-state index contributed by atoms with van der Waals surface area (Å²) in [6, 6.07) is 1.79. The first-order valence-electron chi connectivity index (χ1n) is 8.87. The number of nitrogens with one attached hydrogen (secondary N) is 2. The first-order valence-corrected chi connectivity index (χ1v) is 8.87. The summed E-state index contributed by atoms with van der Waals surface area (Å²) in [4.78, 5) is 30.9. The summed E-state index contributed by atoms with van der Waals surface area (Å²) in [6.45, 7) is 5.63. The summed E-state index contributed by atoms with van der Waals surface area (Å²) < 4.78 is 1.65. The van der Waals surface area contributed by atoms with Crippen LogP contribution in [-0.4, -0.2) is 31.7 Å². The lowest BCUT2D eigenvalue weighted by molar-refractivity contribution is -0.121. The van der Waals surface area contributed by atoms with Gasteiger partial charge >= 0.3 is 0 Å². The Labute approximate surface area is 146 Å². The third-order valence-electron chi connectivity index (χ3n) is 4.82. The highest BCUT2D eigenvalue weighted by atomic mass is 16.1. The van der Waals surface area contributed by atoms with Gasteiger partial charge in [0.15, 0.2) is 0 Å². The van der Waals surface area contributed by atoms with Crippen molar-refractivity contribution in [3.63, 3.8) is 0 Å². The van der Waals surface area contributed by atoms with E-state index in [1.165, 1.54) is 18.9 Å². The van der Waals surface area contributed by atoms with Crippen LogP contribution in [0.4, 0.5) is 0 Å². The normalized spacial score (nSPS) is 14.8. The van der Waals surface area contributed by atoms with Gasteiger partial charge in [-0.25, -0.2) is 9.67 Å². The third-order valence-corrected chi connectivity index (χ3v) is 4.82. The fourth-order valence-electron chi connectivity index (χ4n) is 3.52. The van der Waals surface area contributed by atoms with E-state index in [4.69, 9.17) is 0 Å². The van der Waals surface area contributed by atoms with Crippen molar-refractivity contribution in [3.8, 4) is 5.95 Å². The van der Waals surface area contributed by atoms with Crippen LogP contribution in [0.5, 0.6) is 0 Å². The number of aromatic nitrogens is 4. The highest BCUT2D eigenvalue weighted by molar-refractivity contribution is 5.76. The maximum absolute atomic E-state index is 12.2. The van der Waals surface area contributed by atoms with Gasteiger partial charge in [-0.2, -0.15) is 5.10 Å². The quantitative estimate of drug-likeness (QED) is 0.867. The van der Waals surface area contributed by atoms with Crippen LogP contribution in [-0.2, 0) is 11.2 Å². The van der Waals surface area contributed by atoms with Crippen molar-refractivity contribution in [1.29, 1.82) is 0 Å². The van der Waals surface area contributed by atoms with E-state index >= 15 is 0 Å². The fourth-order valence-corrected chi connectivity index (χ4v) is 3.52. The highest BCUT2D eigenvalue weighted by Gasteiger charge is 2.19. The lowest BCUT2D eigenvalue weighted by atomic mass is 10.1. The smallest absolute Gasteiger partial charge is 0.252 e. The molecule has 0 aliphatic heterocycles. The van der Waals surface area contributed by atoms with E-state index in [2.05, 4.69) is 20.4 Å². The monoisotopic (exact) mass is 343 g/mol. The molecule has 7 nitrogen and oxygen atoms in total. The molecule has 0 radical (unpaired) electrons. The van der Waals surface area contributed by atoms with Gasteiger partial charge in [0, 0.05) is 29.9 Å². The van der Waals surface area contributed by atoms with E-state index in [1.807, 2.05) is 13.8 Å². The number of H-pyrrole nitrogens is 1. The standard InChI is InChI=1S/C18H25N5O2/c1-11-10-17(25)21-18(19-11)23-13(3)15(12(2)22-23)8-9-16(24)20-14-6-4-5-7-14/h10,14H,4-9H2,1-3H3,(H,20,24)(H,19,21,25). The molecule has 2 aromatic rings. The second-order valence-corrected chi connectivity index (χ2v) is 6.82. The Morgan fingerprint density at radius 2 is 2.04 bits per heavy atom. The molecule has 3 rings (SSSR count). The van der Waals surface area contributed by atoms with Gasteiger partial charge in [0.2, 0.25) is 11.9 Å². The number of amides is 1. The van der Waals surface area contributed by atoms with Crippen molar-refractivity contribution in [2.75, 3.05) is 0 Å². The fraction of sp³-hybridized carbons (Fsp3) is 0.556. The van der Waals surface area contributed by atoms with E-state index < -0.39 is 0 Å². The molecule has 25 heavy (non-hydrogen) atoms. The van der Waals surface area contributed by atoms with Crippen molar-refractivity contribution in [1.82, 2.24) is 25.1 Å². The number of carbonyl (C=O) groups is 1. The van der Waals surface area contributed by atoms with Crippen molar-refractivity contribution < 1.29 is 4.79 Å². The van der Waals surface area contributed by atoms with Crippen LogP contribution in [0.3, 0.4) is 0 Å². The molecule has 1 aliphatic rings. The van der Waals surface area contributed by atoms with Crippen molar-refractivity contribution in [2.45, 2.75) is 65.3 Å². The Balaban J connectivity index is 1.73. The van der Waals surface area contributed by atoms with Crippen LogP contribution in [0.15, 0.2) is 10.9 Å². The molecule has 0 atom stereocenters. The largest absolute Gasteiger partial charge is 0.353 e. The molecule has 2 aromatic heterocycles. The average molecular weight is 343 g/mol. The second kappa shape index (κ2) is 7.21. The summed E-state index contributed by atoms with van der Waals surface area (Å²) >= 11 is 0. The predicted octanol–water partition coefficient (Wildman–Crippen LogP) is 1.87. The first-order chi connectivity index (χ1) is 11.9. The molecule has 1 saturated carbocycles. The van der Waals surface area contributed by atoms with Gasteiger partial charge in [0.1, 0.15) is 0 Å². The number of carbonyl (C=O) groups excluding carboxylic acids is 1. The van der Waals surface area contributed by atoms with Crippen LogP contribution in [0.2, 0.25) is 0 Å². The van der Waals surface area contributed by atoms with Gasteiger partial charge < -0.3 is 5.32 Å². The van der Waals surface area contributed by atoms with E-state index in [-0.39, 0.29) is 11.5 Å². The Morgan fingerprint density at radius 3 is 2.72 bits per heavy atom. The Kier molecular flexibility index (Phi) is 5.01. The second-order valence-electron chi connectivity index (χ2n) is 6.82. The number of nitrogens with zero attached hydrogens (tertiary/aromatic N) is 3. The summed E-state index contributed by atoms with van der Waals surface area (Å²) in [5, 5.41) is 7.61. The van der Waals surface area contributed by atoms with Crippen LogP contribution in [0.1, 0.15) is 54.7 Å². The minimum Gasteiger partial charge on any atom is -0.353 e. The molecule has 7 heteroatoms. The van der Waals surface area contributed by atoms with Gasteiger partial charge in [-0.3, -0.25) is 14.6 Å². The molecule has 134 valence electrons. The zero-order valence-electron chi connectivity index (χ0n) is 15.1. The molecule has 0 saturated heterocycles. The molecule has 0 bridgehead atoms. The minimum absolute atomic E-state index is 0.0977. The highest BCUT2D eigenvalue weighted by Crippen LogP contribution is 2.19. The topological polar surface area (TPSA) is 92.7 Å².